The zero-order valence-corrected chi connectivity index (χ0v) is 14.4. The Labute approximate surface area is 143 Å². The fraction of sp³-hybridized carbons (Fsp3) is 0.600. The Kier molecular flexibility index (Phi) is 4.19. The van der Waals surface area contributed by atoms with Gasteiger partial charge in [0.1, 0.15) is 5.01 Å². The van der Waals surface area contributed by atoms with Crippen LogP contribution in [0.15, 0.2) is 10.6 Å². The lowest BCUT2D eigenvalue weighted by Gasteiger charge is -2.33. The SMILES string of the molecule is Cc1cc(CN2CCN(C(=O)Nc3nnc(C4CC4)s3)CC2)on1. The van der Waals surface area contributed by atoms with E-state index in [2.05, 4.69) is 25.6 Å². The average molecular weight is 348 g/mol. The van der Waals surface area contributed by atoms with Crippen molar-refractivity contribution < 1.29 is 9.32 Å². The molecule has 1 N–H and O–H groups in total. The van der Waals surface area contributed by atoms with Gasteiger partial charge in [0.2, 0.25) is 5.13 Å². The minimum absolute atomic E-state index is 0.0938. The molecule has 0 atom stereocenters. The van der Waals surface area contributed by atoms with Crippen LogP contribution in [0.2, 0.25) is 0 Å². The van der Waals surface area contributed by atoms with E-state index in [4.69, 9.17) is 4.52 Å². The molecule has 1 aliphatic carbocycles. The second-order valence-corrected chi connectivity index (χ2v) is 7.36. The Hall–Kier alpha value is -2.00. The summed E-state index contributed by atoms with van der Waals surface area (Å²) in [5.74, 6) is 1.43. The predicted molar refractivity (Wildman–Crippen MR) is 89.0 cm³/mol. The van der Waals surface area contributed by atoms with Gasteiger partial charge in [-0.2, -0.15) is 0 Å². The number of aromatic nitrogens is 3. The van der Waals surface area contributed by atoms with Gasteiger partial charge in [-0.05, 0) is 19.8 Å². The van der Waals surface area contributed by atoms with E-state index < -0.39 is 0 Å². The number of nitrogens with one attached hydrogen (secondary N) is 1. The van der Waals surface area contributed by atoms with Crippen LogP contribution in [0.3, 0.4) is 0 Å². The van der Waals surface area contributed by atoms with Crippen LogP contribution < -0.4 is 5.32 Å². The lowest BCUT2D eigenvalue weighted by Crippen LogP contribution is -2.49. The predicted octanol–water partition coefficient (Wildman–Crippen LogP) is 2.06. The largest absolute Gasteiger partial charge is 0.360 e. The summed E-state index contributed by atoms with van der Waals surface area (Å²) < 4.78 is 5.25. The van der Waals surface area contributed by atoms with Gasteiger partial charge in [-0.3, -0.25) is 10.2 Å². The fourth-order valence-electron chi connectivity index (χ4n) is 2.77. The van der Waals surface area contributed by atoms with Crippen molar-refractivity contribution in [3.8, 4) is 0 Å². The highest BCUT2D eigenvalue weighted by Gasteiger charge is 2.28. The highest BCUT2D eigenvalue weighted by Crippen LogP contribution is 2.42. The Morgan fingerprint density at radius 3 is 2.79 bits per heavy atom. The molecule has 1 saturated carbocycles. The number of anilines is 1. The highest BCUT2D eigenvalue weighted by molar-refractivity contribution is 7.15. The molecule has 0 spiro atoms. The smallest absolute Gasteiger partial charge is 0.323 e. The van der Waals surface area contributed by atoms with Gasteiger partial charge in [0, 0.05) is 38.2 Å². The van der Waals surface area contributed by atoms with Crippen LogP contribution in [0.25, 0.3) is 0 Å². The number of carbonyl (C=O) groups excluding carboxylic acids is 1. The molecule has 9 heteroatoms. The molecule has 0 bridgehead atoms. The van der Waals surface area contributed by atoms with E-state index in [9.17, 15) is 4.79 Å². The number of hydrogen-bond donors (Lipinski definition) is 1. The number of piperazine rings is 1. The summed E-state index contributed by atoms with van der Waals surface area (Å²) in [5, 5.41) is 16.6. The van der Waals surface area contributed by atoms with Gasteiger partial charge in [-0.15, -0.1) is 10.2 Å². The Morgan fingerprint density at radius 2 is 2.12 bits per heavy atom. The number of rotatable bonds is 4. The van der Waals surface area contributed by atoms with Crippen LogP contribution in [-0.4, -0.2) is 57.4 Å². The Morgan fingerprint density at radius 1 is 1.33 bits per heavy atom. The third kappa shape index (κ3) is 3.57. The lowest BCUT2D eigenvalue weighted by molar-refractivity contribution is 0.134. The second-order valence-electron chi connectivity index (χ2n) is 6.35. The Bertz CT molecular complexity index is 717. The van der Waals surface area contributed by atoms with Crippen molar-refractivity contribution in [3.05, 3.63) is 22.5 Å². The van der Waals surface area contributed by atoms with E-state index in [0.717, 1.165) is 36.1 Å². The van der Waals surface area contributed by atoms with Crippen molar-refractivity contribution in [2.24, 2.45) is 0 Å². The summed E-state index contributed by atoms with van der Waals surface area (Å²) in [5.41, 5.74) is 0.894. The van der Waals surface area contributed by atoms with Crippen molar-refractivity contribution in [2.75, 3.05) is 31.5 Å². The van der Waals surface area contributed by atoms with Gasteiger partial charge in [0.15, 0.2) is 5.76 Å². The van der Waals surface area contributed by atoms with Crippen LogP contribution in [0.5, 0.6) is 0 Å². The maximum atomic E-state index is 12.3. The molecule has 0 radical (unpaired) electrons. The van der Waals surface area contributed by atoms with E-state index in [0.29, 0.717) is 24.1 Å². The summed E-state index contributed by atoms with van der Waals surface area (Å²) in [6.07, 6.45) is 2.38. The summed E-state index contributed by atoms with van der Waals surface area (Å²) in [6, 6.07) is 1.86. The lowest BCUT2D eigenvalue weighted by atomic mass is 10.3. The second kappa shape index (κ2) is 6.48. The van der Waals surface area contributed by atoms with Crippen LogP contribution in [0.4, 0.5) is 9.93 Å². The molecule has 24 heavy (non-hydrogen) atoms. The first-order chi connectivity index (χ1) is 11.7. The van der Waals surface area contributed by atoms with E-state index in [1.807, 2.05) is 17.9 Å². The van der Waals surface area contributed by atoms with Crippen LogP contribution in [0.1, 0.15) is 35.2 Å². The maximum Gasteiger partial charge on any atom is 0.323 e. The maximum absolute atomic E-state index is 12.3. The van der Waals surface area contributed by atoms with Crippen LogP contribution in [0, 0.1) is 6.92 Å². The fourth-order valence-corrected chi connectivity index (χ4v) is 3.67. The van der Waals surface area contributed by atoms with Gasteiger partial charge in [0.25, 0.3) is 0 Å². The molecule has 2 aromatic heterocycles. The number of nitrogens with zero attached hydrogens (tertiary/aromatic N) is 5. The first-order valence-electron chi connectivity index (χ1n) is 8.21. The number of amides is 2. The molecule has 0 unspecified atom stereocenters. The molecule has 1 aliphatic heterocycles. The standard InChI is InChI=1S/C15H20N6O2S/c1-10-8-12(23-19-10)9-20-4-6-21(7-5-20)15(22)16-14-18-17-13(24-14)11-2-3-11/h8,11H,2-7,9H2,1H3,(H,16,18,22). The number of hydrogen-bond acceptors (Lipinski definition) is 7. The summed E-state index contributed by atoms with van der Waals surface area (Å²) in [6.45, 7) is 5.66. The molecule has 4 rings (SSSR count). The molecule has 2 aliphatic rings. The van der Waals surface area contributed by atoms with Crippen LogP contribution in [-0.2, 0) is 6.54 Å². The van der Waals surface area contributed by atoms with Crippen molar-refractivity contribution in [3.63, 3.8) is 0 Å². The van der Waals surface area contributed by atoms with E-state index >= 15 is 0 Å². The van der Waals surface area contributed by atoms with E-state index in [-0.39, 0.29) is 6.03 Å². The third-order valence-corrected chi connectivity index (χ3v) is 5.30. The summed E-state index contributed by atoms with van der Waals surface area (Å²) in [7, 11) is 0. The molecule has 2 amide bonds. The minimum atomic E-state index is -0.0938. The van der Waals surface area contributed by atoms with Gasteiger partial charge in [0.05, 0.1) is 12.2 Å². The van der Waals surface area contributed by atoms with Crippen LogP contribution >= 0.6 is 11.3 Å². The molecule has 2 fully saturated rings. The third-order valence-electron chi connectivity index (χ3n) is 4.30. The minimum Gasteiger partial charge on any atom is -0.360 e. The topological polar surface area (TPSA) is 87.4 Å². The molecule has 1 saturated heterocycles. The number of aryl methyl sites for hydroxylation is 1. The van der Waals surface area contributed by atoms with E-state index in [1.165, 1.54) is 24.2 Å². The van der Waals surface area contributed by atoms with Crippen molar-refractivity contribution >= 4 is 22.5 Å². The summed E-state index contributed by atoms with van der Waals surface area (Å²) >= 11 is 1.49. The van der Waals surface area contributed by atoms with Gasteiger partial charge >= 0.3 is 6.03 Å². The van der Waals surface area contributed by atoms with Crippen molar-refractivity contribution in [1.29, 1.82) is 0 Å². The molecule has 3 heterocycles. The normalized spacial score (nSPS) is 18.8. The number of carbonyl (C=O) groups is 1. The monoisotopic (exact) mass is 348 g/mol. The Balaban J connectivity index is 1.26. The molecular formula is C15H20N6O2S. The van der Waals surface area contributed by atoms with Gasteiger partial charge in [-0.25, -0.2) is 4.79 Å². The van der Waals surface area contributed by atoms with Gasteiger partial charge < -0.3 is 9.42 Å². The molecule has 0 aromatic carbocycles. The molecule has 8 nitrogen and oxygen atoms in total. The first-order valence-corrected chi connectivity index (χ1v) is 9.03. The summed E-state index contributed by atoms with van der Waals surface area (Å²) in [4.78, 5) is 16.4. The van der Waals surface area contributed by atoms with Crippen molar-refractivity contribution in [1.82, 2.24) is 25.2 Å². The first kappa shape index (κ1) is 15.5. The highest BCUT2D eigenvalue weighted by atomic mass is 32.1. The quantitative estimate of drug-likeness (QED) is 0.910. The zero-order chi connectivity index (χ0) is 16.5. The van der Waals surface area contributed by atoms with Crippen molar-refractivity contribution in [2.45, 2.75) is 32.2 Å². The van der Waals surface area contributed by atoms with E-state index in [1.54, 1.807) is 0 Å². The zero-order valence-electron chi connectivity index (χ0n) is 13.6. The molecular weight excluding hydrogens is 328 g/mol. The molecule has 2 aromatic rings. The molecule has 128 valence electrons. The average Bonchev–Trinajstić information content (AvgIpc) is 3.20. The number of urea groups is 1. The van der Waals surface area contributed by atoms with Gasteiger partial charge in [-0.1, -0.05) is 16.5 Å².